The topological polar surface area (TPSA) is 96.0 Å². The molecule has 12 heteroatoms. The molecule has 0 radical (unpaired) electrons. The van der Waals surface area contributed by atoms with Crippen molar-refractivity contribution in [1.82, 2.24) is 10.2 Å². The van der Waals surface area contributed by atoms with Gasteiger partial charge in [0.2, 0.25) is 11.8 Å². The molecular formula is C31H34Cl3N3O5S. The molecule has 2 amide bonds. The summed E-state index contributed by atoms with van der Waals surface area (Å²) in [6.45, 7) is 2.88. The van der Waals surface area contributed by atoms with Crippen molar-refractivity contribution in [2.24, 2.45) is 0 Å². The van der Waals surface area contributed by atoms with Crippen molar-refractivity contribution in [2.45, 2.75) is 63.1 Å². The van der Waals surface area contributed by atoms with Gasteiger partial charge in [0.15, 0.2) is 0 Å². The first-order chi connectivity index (χ1) is 20.4. The number of hydrogen-bond donors (Lipinski definition) is 1. The minimum absolute atomic E-state index is 0.000832. The van der Waals surface area contributed by atoms with Gasteiger partial charge in [0, 0.05) is 12.6 Å². The lowest BCUT2D eigenvalue weighted by atomic mass is 10.1. The molecule has 0 aliphatic heterocycles. The average molecular weight is 667 g/mol. The minimum Gasteiger partial charge on any atom is -0.495 e. The van der Waals surface area contributed by atoms with Crippen LogP contribution in [0.25, 0.3) is 0 Å². The molecule has 0 bridgehead atoms. The molecule has 1 aliphatic carbocycles. The molecular weight excluding hydrogens is 633 g/mol. The number of hydrogen-bond acceptors (Lipinski definition) is 5. The van der Waals surface area contributed by atoms with E-state index in [9.17, 15) is 18.0 Å². The number of benzene rings is 3. The van der Waals surface area contributed by atoms with E-state index in [4.69, 9.17) is 39.5 Å². The normalized spacial score (nSPS) is 14.3. The van der Waals surface area contributed by atoms with Gasteiger partial charge in [0.25, 0.3) is 10.0 Å². The molecule has 0 unspecified atom stereocenters. The van der Waals surface area contributed by atoms with Crippen LogP contribution in [0.2, 0.25) is 15.1 Å². The van der Waals surface area contributed by atoms with Gasteiger partial charge in [-0.2, -0.15) is 0 Å². The van der Waals surface area contributed by atoms with Crippen LogP contribution in [-0.2, 0) is 26.2 Å². The highest BCUT2D eigenvalue weighted by molar-refractivity contribution is 7.92. The van der Waals surface area contributed by atoms with Crippen molar-refractivity contribution in [1.29, 1.82) is 0 Å². The number of nitrogens with one attached hydrogen (secondary N) is 1. The zero-order valence-corrected chi connectivity index (χ0v) is 27.2. The molecule has 4 rings (SSSR count). The summed E-state index contributed by atoms with van der Waals surface area (Å²) in [6, 6.07) is 14.9. The third kappa shape index (κ3) is 7.95. The predicted octanol–water partition coefficient (Wildman–Crippen LogP) is 6.64. The van der Waals surface area contributed by atoms with Crippen LogP contribution in [0.3, 0.4) is 0 Å². The van der Waals surface area contributed by atoms with Crippen molar-refractivity contribution in [2.75, 3.05) is 18.0 Å². The molecule has 1 N–H and O–H groups in total. The summed E-state index contributed by atoms with van der Waals surface area (Å²) in [5, 5.41) is 3.86. The van der Waals surface area contributed by atoms with Crippen LogP contribution in [-0.4, -0.2) is 50.9 Å². The Kier molecular flexibility index (Phi) is 10.9. The van der Waals surface area contributed by atoms with E-state index in [0.29, 0.717) is 21.4 Å². The number of methoxy groups -OCH3 is 1. The van der Waals surface area contributed by atoms with Gasteiger partial charge in [0.1, 0.15) is 18.3 Å². The molecule has 0 spiro atoms. The quantitative estimate of drug-likeness (QED) is 0.248. The smallest absolute Gasteiger partial charge is 0.264 e. The second-order valence-electron chi connectivity index (χ2n) is 10.6. The molecule has 3 aromatic carbocycles. The zero-order chi connectivity index (χ0) is 31.3. The van der Waals surface area contributed by atoms with E-state index in [2.05, 4.69) is 5.32 Å². The van der Waals surface area contributed by atoms with Gasteiger partial charge < -0.3 is 15.0 Å². The largest absolute Gasteiger partial charge is 0.495 e. The van der Waals surface area contributed by atoms with Gasteiger partial charge in [-0.25, -0.2) is 8.42 Å². The Morgan fingerprint density at radius 2 is 1.63 bits per heavy atom. The number of rotatable bonds is 11. The second kappa shape index (κ2) is 14.2. The highest BCUT2D eigenvalue weighted by Gasteiger charge is 2.33. The van der Waals surface area contributed by atoms with Crippen LogP contribution in [0.1, 0.15) is 43.7 Å². The lowest BCUT2D eigenvalue weighted by molar-refractivity contribution is -0.139. The van der Waals surface area contributed by atoms with E-state index in [1.807, 2.05) is 6.92 Å². The van der Waals surface area contributed by atoms with E-state index >= 15 is 0 Å². The summed E-state index contributed by atoms with van der Waals surface area (Å²) in [5.41, 5.74) is 1.67. The van der Waals surface area contributed by atoms with Crippen molar-refractivity contribution < 1.29 is 22.7 Å². The maximum atomic E-state index is 14.1. The van der Waals surface area contributed by atoms with Gasteiger partial charge in [-0.3, -0.25) is 13.9 Å². The van der Waals surface area contributed by atoms with Crippen molar-refractivity contribution in [3.8, 4) is 5.75 Å². The van der Waals surface area contributed by atoms with Crippen LogP contribution in [0, 0.1) is 6.92 Å². The molecule has 1 atom stereocenters. The van der Waals surface area contributed by atoms with Crippen LogP contribution >= 0.6 is 34.8 Å². The van der Waals surface area contributed by atoms with Gasteiger partial charge in [-0.05, 0) is 74.7 Å². The number of nitrogens with zero attached hydrogens (tertiary/aromatic N) is 2. The summed E-state index contributed by atoms with van der Waals surface area (Å²) < 4.78 is 34.3. The number of anilines is 1. The molecule has 1 fully saturated rings. The van der Waals surface area contributed by atoms with Crippen molar-refractivity contribution in [3.63, 3.8) is 0 Å². The molecule has 0 saturated heterocycles. The maximum Gasteiger partial charge on any atom is 0.264 e. The Morgan fingerprint density at radius 3 is 2.23 bits per heavy atom. The van der Waals surface area contributed by atoms with E-state index in [0.717, 1.165) is 35.6 Å². The first-order valence-corrected chi connectivity index (χ1v) is 16.4. The van der Waals surface area contributed by atoms with E-state index in [-0.39, 0.29) is 34.1 Å². The third-order valence-corrected chi connectivity index (χ3v) is 10.3. The highest BCUT2D eigenvalue weighted by atomic mass is 35.5. The number of carbonyl (C=O) groups excluding carboxylic acids is 2. The highest BCUT2D eigenvalue weighted by Crippen LogP contribution is 2.32. The van der Waals surface area contributed by atoms with Crippen LogP contribution in [0.15, 0.2) is 65.6 Å². The van der Waals surface area contributed by atoms with Gasteiger partial charge >= 0.3 is 0 Å². The number of sulfonamides is 1. The van der Waals surface area contributed by atoms with E-state index < -0.39 is 28.5 Å². The Labute approximate surface area is 267 Å². The SMILES string of the molecule is COc1ccc(N(CC(=O)N(Cc2ccc(Cl)c(Cl)c2)[C@@H](C)C(=O)NC2CCCC2)S(=O)(=O)c2ccc(C)cc2)cc1Cl. The number of halogens is 3. The summed E-state index contributed by atoms with van der Waals surface area (Å²) in [4.78, 5) is 28.8. The fourth-order valence-corrected chi connectivity index (χ4v) is 6.96. The molecule has 0 aromatic heterocycles. The van der Waals surface area contributed by atoms with Crippen LogP contribution in [0.5, 0.6) is 5.75 Å². The summed E-state index contributed by atoms with van der Waals surface area (Å²) in [5.74, 6) is -0.564. The van der Waals surface area contributed by atoms with E-state index in [1.54, 1.807) is 37.3 Å². The van der Waals surface area contributed by atoms with Crippen molar-refractivity contribution >= 4 is 62.3 Å². The fraction of sp³-hybridized carbons (Fsp3) is 0.355. The van der Waals surface area contributed by atoms with Gasteiger partial charge in [0.05, 0.1) is 32.8 Å². The molecule has 8 nitrogen and oxygen atoms in total. The second-order valence-corrected chi connectivity index (χ2v) is 13.7. The molecule has 43 heavy (non-hydrogen) atoms. The zero-order valence-electron chi connectivity index (χ0n) is 24.1. The summed E-state index contributed by atoms with van der Waals surface area (Å²) >= 11 is 18.7. The average Bonchev–Trinajstić information content (AvgIpc) is 3.49. The third-order valence-electron chi connectivity index (χ3n) is 7.52. The molecule has 230 valence electrons. The van der Waals surface area contributed by atoms with Crippen LogP contribution < -0.4 is 14.4 Å². The molecule has 1 saturated carbocycles. The molecule has 3 aromatic rings. The number of aryl methyl sites for hydroxylation is 1. The number of amides is 2. The lowest BCUT2D eigenvalue weighted by Crippen LogP contribution is -2.52. The van der Waals surface area contributed by atoms with Gasteiger partial charge in [-0.1, -0.05) is 71.4 Å². The Morgan fingerprint density at radius 1 is 0.953 bits per heavy atom. The summed E-state index contributed by atoms with van der Waals surface area (Å²) in [7, 11) is -2.79. The fourth-order valence-electron chi connectivity index (χ4n) is 4.99. The number of ether oxygens (including phenoxy) is 1. The first kappa shape index (κ1) is 32.9. The molecule has 1 aliphatic rings. The predicted molar refractivity (Wildman–Crippen MR) is 171 cm³/mol. The Bertz CT molecular complexity index is 1580. The Hall–Kier alpha value is -2.98. The van der Waals surface area contributed by atoms with Crippen LogP contribution in [0.4, 0.5) is 5.69 Å². The standard InChI is InChI=1S/C31H34Cl3N3O5S/c1-20-8-12-25(13-9-20)43(40,41)37(24-11-15-29(42-3)28(34)17-24)19-30(38)36(18-22-10-14-26(32)27(33)16-22)21(2)31(39)35-23-6-4-5-7-23/h8-17,21,23H,4-7,18-19H2,1-3H3,(H,35,39)/t21-/m0/s1. The Balaban J connectivity index is 1.72. The maximum absolute atomic E-state index is 14.1. The minimum atomic E-state index is -4.24. The lowest BCUT2D eigenvalue weighted by Gasteiger charge is -2.32. The molecule has 0 heterocycles. The van der Waals surface area contributed by atoms with Gasteiger partial charge in [-0.15, -0.1) is 0 Å². The summed E-state index contributed by atoms with van der Waals surface area (Å²) in [6.07, 6.45) is 3.81. The monoisotopic (exact) mass is 665 g/mol. The van der Waals surface area contributed by atoms with Crippen molar-refractivity contribution in [3.05, 3.63) is 86.9 Å². The number of carbonyl (C=O) groups is 2. The van der Waals surface area contributed by atoms with E-state index in [1.165, 1.54) is 42.3 Å². The first-order valence-electron chi connectivity index (χ1n) is 13.9.